The number of anilines is 1. The number of benzene rings is 2. The van der Waals surface area contributed by atoms with Gasteiger partial charge in [0.1, 0.15) is 11.5 Å². The fourth-order valence-corrected chi connectivity index (χ4v) is 3.09. The first-order valence-corrected chi connectivity index (χ1v) is 8.40. The van der Waals surface area contributed by atoms with Gasteiger partial charge in [0, 0.05) is 22.2 Å². The number of nitrogens with zero attached hydrogens (tertiary/aromatic N) is 2. The second kappa shape index (κ2) is 6.15. The number of aromatic amines is 2. The Morgan fingerprint density at radius 3 is 2.50 bits per heavy atom. The molecule has 2 aromatic carbocycles. The molecule has 6 nitrogen and oxygen atoms in total. The van der Waals surface area contributed by atoms with E-state index in [0.29, 0.717) is 11.5 Å². The lowest BCUT2D eigenvalue weighted by molar-refractivity contribution is 0.102. The Morgan fingerprint density at radius 1 is 1.04 bits per heavy atom. The van der Waals surface area contributed by atoms with Crippen LogP contribution in [0.3, 0.4) is 0 Å². The summed E-state index contributed by atoms with van der Waals surface area (Å²) < 4.78 is 0. The van der Waals surface area contributed by atoms with E-state index >= 15 is 0 Å². The van der Waals surface area contributed by atoms with Crippen LogP contribution in [0.4, 0.5) is 5.69 Å². The molecule has 0 spiro atoms. The highest BCUT2D eigenvalue weighted by Crippen LogP contribution is 2.23. The molecule has 4 aromatic rings. The summed E-state index contributed by atoms with van der Waals surface area (Å²) >= 11 is 0. The minimum Gasteiger partial charge on any atom is -0.351 e. The number of aromatic nitrogens is 4. The molecule has 0 unspecified atom stereocenters. The molecule has 26 heavy (non-hydrogen) atoms. The number of hydrogen-bond donors (Lipinski definition) is 3. The minimum atomic E-state index is -0.167. The van der Waals surface area contributed by atoms with Crippen LogP contribution in [0, 0.1) is 20.8 Å². The van der Waals surface area contributed by atoms with Crippen LogP contribution in [0.5, 0.6) is 0 Å². The number of hydrogen-bond acceptors (Lipinski definition) is 3. The monoisotopic (exact) mass is 345 g/mol. The van der Waals surface area contributed by atoms with Crippen molar-refractivity contribution in [3.63, 3.8) is 0 Å². The van der Waals surface area contributed by atoms with Gasteiger partial charge in [0.05, 0.1) is 0 Å². The molecule has 6 heteroatoms. The molecule has 0 fully saturated rings. The van der Waals surface area contributed by atoms with Gasteiger partial charge in [-0.2, -0.15) is 5.10 Å². The van der Waals surface area contributed by atoms with Gasteiger partial charge in [-0.25, -0.2) is 4.98 Å². The summed E-state index contributed by atoms with van der Waals surface area (Å²) in [5.41, 5.74) is 5.45. The van der Waals surface area contributed by atoms with E-state index in [-0.39, 0.29) is 5.91 Å². The SMILES string of the molecule is Cc1cc(C)c2cc(C(=O)Nc3ccc(-c4n[nH]c(C)n4)cc3)[nH]c2c1. The van der Waals surface area contributed by atoms with Crippen LogP contribution in [0.1, 0.15) is 27.4 Å². The Labute approximate surface area is 150 Å². The van der Waals surface area contributed by atoms with Gasteiger partial charge in [-0.15, -0.1) is 0 Å². The van der Waals surface area contributed by atoms with E-state index in [1.54, 1.807) is 0 Å². The Balaban J connectivity index is 1.55. The third-order valence-corrected chi connectivity index (χ3v) is 4.33. The van der Waals surface area contributed by atoms with E-state index in [9.17, 15) is 4.79 Å². The van der Waals surface area contributed by atoms with Crippen molar-refractivity contribution in [2.75, 3.05) is 5.32 Å². The Bertz CT molecular complexity index is 1110. The molecule has 2 heterocycles. The third-order valence-electron chi connectivity index (χ3n) is 4.33. The standard InChI is InChI=1S/C20H19N5O/c1-11-8-12(2)16-10-18(23-17(16)9-11)20(26)22-15-6-4-14(5-7-15)19-21-13(3)24-25-19/h4-10,23H,1-3H3,(H,22,26)(H,21,24,25). The Hall–Kier alpha value is -3.41. The smallest absolute Gasteiger partial charge is 0.272 e. The fourth-order valence-electron chi connectivity index (χ4n) is 3.09. The molecule has 0 aliphatic rings. The van der Waals surface area contributed by atoms with Crippen molar-refractivity contribution < 1.29 is 4.79 Å². The highest BCUT2D eigenvalue weighted by Gasteiger charge is 2.12. The summed E-state index contributed by atoms with van der Waals surface area (Å²) in [6.45, 7) is 5.95. The first kappa shape index (κ1) is 16.1. The van der Waals surface area contributed by atoms with E-state index in [0.717, 1.165) is 33.5 Å². The molecular formula is C20H19N5O. The number of amides is 1. The van der Waals surface area contributed by atoms with Crippen LogP contribution >= 0.6 is 0 Å². The summed E-state index contributed by atoms with van der Waals surface area (Å²) in [5.74, 6) is 1.24. The first-order valence-electron chi connectivity index (χ1n) is 8.40. The molecule has 130 valence electrons. The second-order valence-electron chi connectivity index (χ2n) is 6.50. The van der Waals surface area contributed by atoms with Crippen molar-refractivity contribution in [3.05, 3.63) is 65.1 Å². The number of H-pyrrole nitrogens is 2. The Kier molecular flexibility index (Phi) is 3.80. The van der Waals surface area contributed by atoms with E-state index in [1.165, 1.54) is 5.56 Å². The maximum absolute atomic E-state index is 12.6. The zero-order valence-electron chi connectivity index (χ0n) is 14.8. The van der Waals surface area contributed by atoms with E-state index < -0.39 is 0 Å². The van der Waals surface area contributed by atoms with Crippen molar-refractivity contribution in [2.45, 2.75) is 20.8 Å². The zero-order chi connectivity index (χ0) is 18.3. The largest absolute Gasteiger partial charge is 0.351 e. The molecule has 1 amide bonds. The maximum atomic E-state index is 12.6. The van der Waals surface area contributed by atoms with Crippen LogP contribution in [-0.4, -0.2) is 26.1 Å². The predicted octanol–water partition coefficient (Wildman–Crippen LogP) is 4.13. The summed E-state index contributed by atoms with van der Waals surface area (Å²) in [5, 5.41) is 10.9. The fraction of sp³-hybridized carbons (Fsp3) is 0.150. The molecule has 0 aliphatic carbocycles. The van der Waals surface area contributed by atoms with Gasteiger partial charge >= 0.3 is 0 Å². The molecule has 0 saturated heterocycles. The maximum Gasteiger partial charge on any atom is 0.272 e. The zero-order valence-corrected chi connectivity index (χ0v) is 14.8. The lowest BCUT2D eigenvalue weighted by Crippen LogP contribution is -2.12. The van der Waals surface area contributed by atoms with Crippen LogP contribution < -0.4 is 5.32 Å². The summed E-state index contributed by atoms with van der Waals surface area (Å²) in [4.78, 5) is 20.1. The van der Waals surface area contributed by atoms with Gasteiger partial charge in [-0.3, -0.25) is 9.89 Å². The highest BCUT2D eigenvalue weighted by molar-refractivity contribution is 6.06. The van der Waals surface area contributed by atoms with Gasteiger partial charge in [-0.1, -0.05) is 6.07 Å². The number of fused-ring (bicyclic) bond motifs is 1. The highest BCUT2D eigenvalue weighted by atomic mass is 16.1. The molecule has 0 radical (unpaired) electrons. The number of carbonyl (C=O) groups is 1. The second-order valence-corrected chi connectivity index (χ2v) is 6.50. The average molecular weight is 345 g/mol. The van der Waals surface area contributed by atoms with Crippen molar-refractivity contribution >= 4 is 22.5 Å². The molecule has 0 aliphatic heterocycles. The van der Waals surface area contributed by atoms with Crippen molar-refractivity contribution in [1.82, 2.24) is 20.2 Å². The number of carbonyl (C=O) groups excluding carboxylic acids is 1. The average Bonchev–Trinajstić information content (AvgIpc) is 3.22. The van der Waals surface area contributed by atoms with E-state index in [1.807, 2.05) is 57.2 Å². The summed E-state index contributed by atoms with van der Waals surface area (Å²) in [6.07, 6.45) is 0. The summed E-state index contributed by atoms with van der Waals surface area (Å²) in [7, 11) is 0. The predicted molar refractivity (Wildman–Crippen MR) is 102 cm³/mol. The molecular weight excluding hydrogens is 326 g/mol. The van der Waals surface area contributed by atoms with E-state index in [4.69, 9.17) is 0 Å². The molecule has 0 atom stereocenters. The van der Waals surface area contributed by atoms with Gasteiger partial charge in [-0.05, 0) is 68.3 Å². The van der Waals surface area contributed by atoms with Crippen LogP contribution in [0.15, 0.2) is 42.5 Å². The normalized spacial score (nSPS) is 11.0. The van der Waals surface area contributed by atoms with Crippen LogP contribution in [-0.2, 0) is 0 Å². The van der Waals surface area contributed by atoms with Gasteiger partial charge in [0.25, 0.3) is 5.91 Å². The van der Waals surface area contributed by atoms with Crippen LogP contribution in [0.25, 0.3) is 22.3 Å². The molecule has 3 N–H and O–H groups in total. The quantitative estimate of drug-likeness (QED) is 0.522. The Morgan fingerprint density at radius 2 is 1.81 bits per heavy atom. The third kappa shape index (κ3) is 2.97. The van der Waals surface area contributed by atoms with Crippen molar-refractivity contribution in [1.29, 1.82) is 0 Å². The van der Waals surface area contributed by atoms with E-state index in [2.05, 4.69) is 31.5 Å². The molecule has 0 saturated carbocycles. The van der Waals surface area contributed by atoms with Gasteiger partial charge < -0.3 is 10.3 Å². The lowest BCUT2D eigenvalue weighted by atomic mass is 10.1. The minimum absolute atomic E-state index is 0.167. The van der Waals surface area contributed by atoms with Gasteiger partial charge in [0.2, 0.25) is 0 Å². The number of rotatable bonds is 3. The van der Waals surface area contributed by atoms with Crippen LogP contribution in [0.2, 0.25) is 0 Å². The topological polar surface area (TPSA) is 86.5 Å². The van der Waals surface area contributed by atoms with Gasteiger partial charge in [0.15, 0.2) is 5.82 Å². The first-order chi connectivity index (χ1) is 12.5. The molecule has 4 rings (SSSR count). The lowest BCUT2D eigenvalue weighted by Gasteiger charge is -2.04. The van der Waals surface area contributed by atoms with Crippen molar-refractivity contribution in [2.24, 2.45) is 0 Å². The van der Waals surface area contributed by atoms with Crippen molar-refractivity contribution in [3.8, 4) is 11.4 Å². The molecule has 2 aromatic heterocycles. The molecule has 0 bridgehead atoms. The number of nitrogens with one attached hydrogen (secondary N) is 3. The summed E-state index contributed by atoms with van der Waals surface area (Å²) in [6, 6.07) is 13.5. The number of aryl methyl sites for hydroxylation is 3.